The normalized spacial score (nSPS) is 12.7. The average Bonchev–Trinajstić information content (AvgIpc) is 2.97. The van der Waals surface area contributed by atoms with Crippen LogP contribution >= 0.6 is 0 Å². The largest absolute Gasteiger partial charge is 0.418 e. The Morgan fingerprint density at radius 3 is 2.70 bits per heavy atom. The van der Waals surface area contributed by atoms with Crippen LogP contribution in [0.1, 0.15) is 12.5 Å². The molecule has 2 amide bonds. The summed E-state index contributed by atoms with van der Waals surface area (Å²) in [6.07, 6.45) is -1.06. The van der Waals surface area contributed by atoms with Gasteiger partial charge in [-0.05, 0) is 24.1 Å². The van der Waals surface area contributed by atoms with Gasteiger partial charge in [-0.3, -0.25) is 4.68 Å². The van der Waals surface area contributed by atoms with Crippen LogP contribution < -0.4 is 10.6 Å². The van der Waals surface area contributed by atoms with E-state index in [9.17, 15) is 18.0 Å². The summed E-state index contributed by atoms with van der Waals surface area (Å²) in [6, 6.07) is 5.98. The molecule has 1 atom stereocenters. The number of nitrogens with one attached hydrogen (secondary N) is 2. The van der Waals surface area contributed by atoms with Crippen molar-refractivity contribution in [3.05, 3.63) is 48.3 Å². The van der Waals surface area contributed by atoms with Gasteiger partial charge < -0.3 is 10.6 Å². The van der Waals surface area contributed by atoms with Gasteiger partial charge in [0.2, 0.25) is 0 Å². The van der Waals surface area contributed by atoms with Crippen molar-refractivity contribution in [1.82, 2.24) is 15.1 Å². The SMILES string of the molecule is C[C@@H](CNC(=O)Nc1ccccc1C(F)(F)F)Cn1cccn1. The average molecular weight is 326 g/mol. The van der Waals surface area contributed by atoms with E-state index in [4.69, 9.17) is 0 Å². The Labute approximate surface area is 131 Å². The summed E-state index contributed by atoms with van der Waals surface area (Å²) in [7, 11) is 0. The molecule has 1 aromatic carbocycles. The number of halogens is 3. The smallest absolute Gasteiger partial charge is 0.338 e. The minimum atomic E-state index is -4.52. The fraction of sp³-hybridized carbons (Fsp3) is 0.333. The van der Waals surface area contributed by atoms with Crippen molar-refractivity contribution in [3.63, 3.8) is 0 Å². The van der Waals surface area contributed by atoms with E-state index in [1.807, 2.05) is 6.92 Å². The molecule has 0 aliphatic heterocycles. The topological polar surface area (TPSA) is 59.0 Å². The van der Waals surface area contributed by atoms with Gasteiger partial charge in [0, 0.05) is 25.5 Å². The van der Waals surface area contributed by atoms with Crippen LogP contribution in [-0.2, 0) is 12.7 Å². The number of benzene rings is 1. The summed E-state index contributed by atoms with van der Waals surface area (Å²) in [5.74, 6) is 0.0820. The lowest BCUT2D eigenvalue weighted by molar-refractivity contribution is -0.136. The molecule has 1 aromatic heterocycles. The third kappa shape index (κ3) is 5.01. The molecule has 5 nitrogen and oxygen atoms in total. The summed E-state index contributed by atoms with van der Waals surface area (Å²) in [4.78, 5) is 11.8. The number of rotatable bonds is 5. The van der Waals surface area contributed by atoms with Gasteiger partial charge >= 0.3 is 12.2 Å². The molecule has 124 valence electrons. The molecule has 1 heterocycles. The van der Waals surface area contributed by atoms with Crippen LogP contribution in [0, 0.1) is 5.92 Å². The molecule has 8 heteroatoms. The van der Waals surface area contributed by atoms with Crippen LogP contribution in [0.5, 0.6) is 0 Å². The molecular weight excluding hydrogens is 309 g/mol. The van der Waals surface area contributed by atoms with E-state index < -0.39 is 17.8 Å². The van der Waals surface area contributed by atoms with Crippen molar-refractivity contribution in [1.29, 1.82) is 0 Å². The van der Waals surface area contributed by atoms with Crippen LogP contribution in [0.25, 0.3) is 0 Å². The number of amides is 2. The first-order valence-electron chi connectivity index (χ1n) is 7.05. The van der Waals surface area contributed by atoms with Gasteiger partial charge in [-0.1, -0.05) is 19.1 Å². The van der Waals surface area contributed by atoms with Crippen molar-refractivity contribution in [2.75, 3.05) is 11.9 Å². The van der Waals surface area contributed by atoms with Crippen molar-refractivity contribution in [2.24, 2.45) is 5.92 Å². The van der Waals surface area contributed by atoms with Gasteiger partial charge in [-0.15, -0.1) is 0 Å². The molecule has 0 saturated heterocycles. The Balaban J connectivity index is 1.88. The molecule has 2 aromatic rings. The molecule has 0 spiro atoms. The summed E-state index contributed by atoms with van der Waals surface area (Å²) in [5.41, 5.74) is -1.14. The van der Waals surface area contributed by atoms with E-state index in [1.165, 1.54) is 18.2 Å². The Hall–Kier alpha value is -2.51. The lowest BCUT2D eigenvalue weighted by atomic mass is 10.1. The summed E-state index contributed by atoms with van der Waals surface area (Å²) in [6.45, 7) is 2.83. The van der Waals surface area contributed by atoms with Gasteiger partial charge in [0.15, 0.2) is 0 Å². The highest BCUT2D eigenvalue weighted by atomic mass is 19.4. The zero-order chi connectivity index (χ0) is 16.9. The van der Waals surface area contributed by atoms with Crippen LogP contribution in [0.4, 0.5) is 23.7 Å². The minimum absolute atomic E-state index is 0.0820. The molecule has 0 saturated carbocycles. The molecule has 2 N–H and O–H groups in total. The quantitative estimate of drug-likeness (QED) is 0.885. The predicted molar refractivity (Wildman–Crippen MR) is 79.9 cm³/mol. The van der Waals surface area contributed by atoms with E-state index >= 15 is 0 Å². The van der Waals surface area contributed by atoms with Gasteiger partial charge in [0.25, 0.3) is 0 Å². The maximum absolute atomic E-state index is 12.8. The third-order valence-electron chi connectivity index (χ3n) is 3.15. The fourth-order valence-corrected chi connectivity index (χ4v) is 2.07. The summed E-state index contributed by atoms with van der Waals surface area (Å²) >= 11 is 0. The van der Waals surface area contributed by atoms with Gasteiger partial charge in [0.1, 0.15) is 0 Å². The molecular formula is C15H17F3N4O. The minimum Gasteiger partial charge on any atom is -0.338 e. The lowest BCUT2D eigenvalue weighted by Gasteiger charge is -2.16. The highest BCUT2D eigenvalue weighted by Gasteiger charge is 2.33. The maximum atomic E-state index is 12.8. The van der Waals surface area contributed by atoms with E-state index in [-0.39, 0.29) is 11.6 Å². The number of anilines is 1. The van der Waals surface area contributed by atoms with Gasteiger partial charge in [-0.25, -0.2) is 4.79 Å². The number of alkyl halides is 3. The molecule has 0 aliphatic rings. The van der Waals surface area contributed by atoms with E-state index in [1.54, 1.807) is 23.1 Å². The first kappa shape index (κ1) is 16.9. The van der Waals surface area contributed by atoms with Crippen LogP contribution in [0.3, 0.4) is 0 Å². The molecule has 0 radical (unpaired) electrons. The molecule has 0 aliphatic carbocycles. The van der Waals surface area contributed by atoms with Gasteiger partial charge in [-0.2, -0.15) is 18.3 Å². The number of carbonyl (C=O) groups excluding carboxylic acids is 1. The van der Waals surface area contributed by atoms with Crippen LogP contribution in [-0.4, -0.2) is 22.4 Å². The zero-order valence-electron chi connectivity index (χ0n) is 12.5. The number of hydrogen-bond donors (Lipinski definition) is 2. The molecule has 23 heavy (non-hydrogen) atoms. The number of nitrogens with zero attached hydrogens (tertiary/aromatic N) is 2. The second-order valence-corrected chi connectivity index (χ2v) is 5.21. The maximum Gasteiger partial charge on any atom is 0.418 e. The monoisotopic (exact) mass is 326 g/mol. The van der Waals surface area contributed by atoms with Crippen molar-refractivity contribution in [3.8, 4) is 0 Å². The first-order valence-corrected chi connectivity index (χ1v) is 7.05. The van der Waals surface area contributed by atoms with Crippen molar-refractivity contribution < 1.29 is 18.0 Å². The summed E-state index contributed by atoms with van der Waals surface area (Å²) < 4.78 is 40.3. The zero-order valence-corrected chi connectivity index (χ0v) is 12.5. The van der Waals surface area contributed by atoms with Crippen molar-refractivity contribution in [2.45, 2.75) is 19.6 Å². The fourth-order valence-electron chi connectivity index (χ4n) is 2.07. The van der Waals surface area contributed by atoms with Gasteiger partial charge in [0.05, 0.1) is 11.3 Å². The number of hydrogen-bond acceptors (Lipinski definition) is 2. The predicted octanol–water partition coefficient (Wildman–Crippen LogP) is 3.36. The van der Waals surface area contributed by atoms with Crippen LogP contribution in [0.15, 0.2) is 42.7 Å². The summed E-state index contributed by atoms with van der Waals surface area (Å²) in [5, 5.41) is 8.86. The first-order chi connectivity index (χ1) is 10.9. The Morgan fingerprint density at radius 2 is 2.04 bits per heavy atom. The second kappa shape index (κ2) is 7.17. The van der Waals surface area contributed by atoms with E-state index in [0.717, 1.165) is 6.07 Å². The highest BCUT2D eigenvalue weighted by molar-refractivity contribution is 5.90. The molecule has 2 rings (SSSR count). The highest BCUT2D eigenvalue weighted by Crippen LogP contribution is 2.34. The Morgan fingerprint density at radius 1 is 1.30 bits per heavy atom. The van der Waals surface area contributed by atoms with Crippen LogP contribution in [0.2, 0.25) is 0 Å². The third-order valence-corrected chi connectivity index (χ3v) is 3.15. The number of aromatic nitrogens is 2. The lowest BCUT2D eigenvalue weighted by Crippen LogP contribution is -2.34. The van der Waals surface area contributed by atoms with E-state index in [0.29, 0.717) is 13.1 Å². The Bertz CT molecular complexity index is 640. The molecule has 0 bridgehead atoms. The molecule has 0 fully saturated rings. The standard InChI is InChI=1S/C15H17F3N4O/c1-11(10-22-8-4-7-20-22)9-19-14(23)21-13-6-3-2-5-12(13)15(16,17)18/h2-8,11H,9-10H2,1H3,(H2,19,21,23)/t11-/m0/s1. The molecule has 0 unspecified atom stereocenters. The number of urea groups is 1. The number of carbonyl (C=O) groups is 1. The number of para-hydroxylation sites is 1. The Kier molecular flexibility index (Phi) is 5.25. The second-order valence-electron chi connectivity index (χ2n) is 5.21. The van der Waals surface area contributed by atoms with E-state index in [2.05, 4.69) is 15.7 Å². The van der Waals surface area contributed by atoms with Crippen molar-refractivity contribution >= 4 is 11.7 Å².